The Balaban J connectivity index is 2.03. The minimum Gasteiger partial charge on any atom is -0.395 e. The van der Waals surface area contributed by atoms with Crippen molar-refractivity contribution in [2.24, 2.45) is 0 Å². The average molecular weight is 280 g/mol. The molecule has 104 valence electrons. The van der Waals surface area contributed by atoms with Crippen molar-refractivity contribution < 1.29 is 9.90 Å². The van der Waals surface area contributed by atoms with Crippen LogP contribution in [-0.4, -0.2) is 60.1 Å². The molecule has 0 atom stereocenters. The monoisotopic (exact) mass is 280 g/mol. The van der Waals surface area contributed by atoms with Crippen LogP contribution in [0.1, 0.15) is 15.9 Å². The quantitative estimate of drug-likeness (QED) is 0.813. The number of aliphatic hydroxyl groups is 1. The van der Waals surface area contributed by atoms with Gasteiger partial charge in [-0.2, -0.15) is 0 Å². The lowest BCUT2D eigenvalue weighted by atomic mass is 10.1. The molecule has 2 rings (SSSR count). The minimum atomic E-state index is 0.0806. The van der Waals surface area contributed by atoms with Crippen LogP contribution in [0.25, 0.3) is 0 Å². The smallest absolute Gasteiger partial charge is 0.254 e. The predicted molar refractivity (Wildman–Crippen MR) is 77.9 cm³/mol. The summed E-state index contributed by atoms with van der Waals surface area (Å²) in [6.45, 7) is 5.90. The highest BCUT2D eigenvalue weighted by atomic mass is 32.1. The molecule has 0 bridgehead atoms. The van der Waals surface area contributed by atoms with Gasteiger partial charge in [-0.3, -0.25) is 9.69 Å². The van der Waals surface area contributed by atoms with Crippen LogP contribution in [0.2, 0.25) is 0 Å². The zero-order valence-corrected chi connectivity index (χ0v) is 12.1. The molecule has 1 N–H and O–H groups in total. The van der Waals surface area contributed by atoms with E-state index in [1.165, 1.54) is 0 Å². The van der Waals surface area contributed by atoms with Crippen molar-refractivity contribution >= 4 is 18.5 Å². The molecular weight excluding hydrogens is 260 g/mol. The Bertz CT molecular complexity index is 457. The molecule has 0 aromatic heterocycles. The van der Waals surface area contributed by atoms with Gasteiger partial charge in [0, 0.05) is 43.2 Å². The molecule has 19 heavy (non-hydrogen) atoms. The molecule has 0 unspecified atom stereocenters. The summed E-state index contributed by atoms with van der Waals surface area (Å²) < 4.78 is 0. The van der Waals surface area contributed by atoms with Gasteiger partial charge >= 0.3 is 0 Å². The number of piperazine rings is 1. The largest absolute Gasteiger partial charge is 0.395 e. The number of aryl methyl sites for hydroxylation is 1. The number of β-amino-alcohol motifs (C(OH)–C–C–N with tert-alkyl or cyclic N) is 1. The number of rotatable bonds is 3. The van der Waals surface area contributed by atoms with Crippen molar-refractivity contribution in [1.29, 1.82) is 0 Å². The van der Waals surface area contributed by atoms with Gasteiger partial charge in [0.25, 0.3) is 5.91 Å². The Morgan fingerprint density at radius 2 is 2.00 bits per heavy atom. The molecule has 1 fully saturated rings. The Morgan fingerprint density at radius 1 is 1.32 bits per heavy atom. The highest BCUT2D eigenvalue weighted by Gasteiger charge is 2.22. The maximum Gasteiger partial charge on any atom is 0.254 e. The molecule has 0 saturated carbocycles. The van der Waals surface area contributed by atoms with Crippen LogP contribution in [0.5, 0.6) is 0 Å². The Hall–Kier alpha value is -1.04. The summed E-state index contributed by atoms with van der Waals surface area (Å²) in [6.07, 6.45) is 0. The summed E-state index contributed by atoms with van der Waals surface area (Å²) in [5.74, 6) is 0.0806. The lowest BCUT2D eigenvalue weighted by Gasteiger charge is -2.34. The molecule has 1 aromatic rings. The first-order valence-corrected chi connectivity index (χ1v) is 6.98. The van der Waals surface area contributed by atoms with E-state index < -0.39 is 0 Å². The second-order valence-corrected chi connectivity index (χ2v) is 5.37. The fourth-order valence-electron chi connectivity index (χ4n) is 2.33. The summed E-state index contributed by atoms with van der Waals surface area (Å²) in [4.78, 5) is 17.3. The maximum absolute atomic E-state index is 12.5. The van der Waals surface area contributed by atoms with E-state index in [0.29, 0.717) is 6.54 Å². The molecule has 1 aromatic carbocycles. The first-order chi connectivity index (χ1) is 9.11. The summed E-state index contributed by atoms with van der Waals surface area (Å²) >= 11 is 4.30. The topological polar surface area (TPSA) is 43.8 Å². The summed E-state index contributed by atoms with van der Waals surface area (Å²) in [6, 6.07) is 5.66. The maximum atomic E-state index is 12.5. The third kappa shape index (κ3) is 3.49. The SMILES string of the molecule is Cc1ccc(S)cc1C(=O)N1CCN(CCO)CC1. The Labute approximate surface area is 119 Å². The van der Waals surface area contributed by atoms with Crippen molar-refractivity contribution in [1.82, 2.24) is 9.80 Å². The fourth-order valence-corrected chi connectivity index (χ4v) is 2.53. The van der Waals surface area contributed by atoms with Gasteiger partial charge in [-0.25, -0.2) is 0 Å². The molecule has 5 heteroatoms. The predicted octanol–water partition coefficient (Wildman–Crippen LogP) is 1.03. The van der Waals surface area contributed by atoms with Gasteiger partial charge in [0.15, 0.2) is 0 Å². The number of hydrogen-bond acceptors (Lipinski definition) is 4. The number of benzene rings is 1. The van der Waals surface area contributed by atoms with E-state index in [0.717, 1.165) is 42.2 Å². The lowest BCUT2D eigenvalue weighted by Crippen LogP contribution is -2.49. The molecule has 0 radical (unpaired) electrons. The second-order valence-electron chi connectivity index (χ2n) is 4.86. The summed E-state index contributed by atoms with van der Waals surface area (Å²) in [5, 5.41) is 8.91. The molecule has 1 aliphatic heterocycles. The van der Waals surface area contributed by atoms with Crippen molar-refractivity contribution in [3.63, 3.8) is 0 Å². The van der Waals surface area contributed by atoms with Crippen molar-refractivity contribution in [3.8, 4) is 0 Å². The molecule has 0 spiro atoms. The first kappa shape index (κ1) is 14.4. The number of hydrogen-bond donors (Lipinski definition) is 2. The van der Waals surface area contributed by atoms with Gasteiger partial charge in [0.2, 0.25) is 0 Å². The van der Waals surface area contributed by atoms with E-state index in [9.17, 15) is 4.79 Å². The van der Waals surface area contributed by atoms with Crippen LogP contribution >= 0.6 is 12.6 Å². The van der Waals surface area contributed by atoms with Crippen molar-refractivity contribution in [2.75, 3.05) is 39.3 Å². The van der Waals surface area contributed by atoms with Gasteiger partial charge in [0.1, 0.15) is 0 Å². The van der Waals surface area contributed by atoms with Crippen molar-refractivity contribution in [2.45, 2.75) is 11.8 Å². The molecule has 1 saturated heterocycles. The van der Waals surface area contributed by atoms with Crippen LogP contribution in [0, 0.1) is 6.92 Å². The Kier molecular flexibility index (Phi) is 4.85. The fraction of sp³-hybridized carbons (Fsp3) is 0.500. The van der Waals surface area contributed by atoms with E-state index in [-0.39, 0.29) is 12.5 Å². The number of thiol groups is 1. The summed E-state index contributed by atoms with van der Waals surface area (Å²) in [7, 11) is 0. The molecule has 4 nitrogen and oxygen atoms in total. The van der Waals surface area contributed by atoms with Gasteiger partial charge in [-0.1, -0.05) is 6.07 Å². The summed E-state index contributed by atoms with van der Waals surface area (Å²) in [5.41, 5.74) is 1.73. The highest BCUT2D eigenvalue weighted by molar-refractivity contribution is 7.80. The van der Waals surface area contributed by atoms with E-state index in [4.69, 9.17) is 5.11 Å². The Morgan fingerprint density at radius 3 is 2.63 bits per heavy atom. The highest BCUT2D eigenvalue weighted by Crippen LogP contribution is 2.17. The van der Waals surface area contributed by atoms with E-state index >= 15 is 0 Å². The van der Waals surface area contributed by atoms with Gasteiger partial charge in [-0.05, 0) is 24.6 Å². The average Bonchev–Trinajstić information content (AvgIpc) is 2.42. The zero-order valence-electron chi connectivity index (χ0n) is 11.2. The number of carbonyl (C=O) groups excluding carboxylic acids is 1. The zero-order chi connectivity index (χ0) is 13.8. The van der Waals surface area contributed by atoms with E-state index in [1.807, 2.05) is 30.0 Å². The minimum absolute atomic E-state index is 0.0806. The number of nitrogens with zero attached hydrogens (tertiary/aromatic N) is 2. The van der Waals surface area contributed by atoms with Crippen molar-refractivity contribution in [3.05, 3.63) is 29.3 Å². The van der Waals surface area contributed by atoms with Gasteiger partial charge < -0.3 is 10.0 Å². The normalized spacial score (nSPS) is 16.7. The van der Waals surface area contributed by atoms with Crippen LogP contribution in [-0.2, 0) is 0 Å². The number of amides is 1. The third-order valence-corrected chi connectivity index (χ3v) is 3.81. The standard InChI is InChI=1S/C14H20N2O2S/c1-11-2-3-12(19)10-13(11)14(18)16-6-4-15(5-7-16)8-9-17/h2-3,10,17,19H,4-9H2,1H3. The molecule has 1 aliphatic rings. The van der Waals surface area contributed by atoms with Crippen LogP contribution in [0.15, 0.2) is 23.1 Å². The van der Waals surface area contributed by atoms with E-state index in [2.05, 4.69) is 17.5 Å². The molecule has 1 heterocycles. The third-order valence-electron chi connectivity index (χ3n) is 3.53. The molecule has 0 aliphatic carbocycles. The van der Waals surface area contributed by atoms with Crippen LogP contribution in [0.4, 0.5) is 0 Å². The number of aliphatic hydroxyl groups excluding tert-OH is 1. The van der Waals surface area contributed by atoms with Gasteiger partial charge in [0.05, 0.1) is 6.61 Å². The first-order valence-electron chi connectivity index (χ1n) is 6.54. The number of carbonyl (C=O) groups is 1. The lowest BCUT2D eigenvalue weighted by molar-refractivity contribution is 0.0614. The van der Waals surface area contributed by atoms with Crippen LogP contribution in [0.3, 0.4) is 0 Å². The van der Waals surface area contributed by atoms with Gasteiger partial charge in [-0.15, -0.1) is 12.6 Å². The molecular formula is C14H20N2O2S. The second kappa shape index (κ2) is 6.41. The molecule has 1 amide bonds. The van der Waals surface area contributed by atoms with E-state index in [1.54, 1.807) is 0 Å². The van der Waals surface area contributed by atoms with Crippen LogP contribution < -0.4 is 0 Å².